The fourth-order valence-electron chi connectivity index (χ4n) is 2.91. The average Bonchev–Trinajstić information content (AvgIpc) is 3.37. The van der Waals surface area contributed by atoms with Gasteiger partial charge in [-0.1, -0.05) is 24.0 Å². The summed E-state index contributed by atoms with van der Waals surface area (Å²) in [5.74, 6) is -0.190. The number of nitrogens with one attached hydrogen (secondary N) is 1. The standard InChI is InChI=1S/C23H25N3O5S2/c1-25(2)12-14-31-22(29)16-7-9-17(10-8-16)24-20(27)6-3-11-26-21(28)19(33-23(26)32)15-18-5-4-13-30-18/h4-5,7-10,13,15H,3,6,11-12,14H2,1-2H3,(H,24,27). The Morgan fingerprint density at radius 2 is 2.00 bits per heavy atom. The van der Waals surface area contributed by atoms with E-state index in [2.05, 4.69) is 5.32 Å². The Morgan fingerprint density at radius 3 is 2.67 bits per heavy atom. The second kappa shape index (κ2) is 11.8. The first-order valence-electron chi connectivity index (χ1n) is 10.3. The zero-order chi connectivity index (χ0) is 23.8. The van der Waals surface area contributed by atoms with Crippen LogP contribution < -0.4 is 5.32 Å². The molecule has 33 heavy (non-hydrogen) atoms. The van der Waals surface area contributed by atoms with Gasteiger partial charge in [0.2, 0.25) is 5.91 Å². The number of carbonyl (C=O) groups is 3. The lowest BCUT2D eigenvalue weighted by molar-refractivity contribution is -0.122. The van der Waals surface area contributed by atoms with Crippen molar-refractivity contribution in [3.05, 3.63) is 58.9 Å². The number of hydrogen-bond donors (Lipinski definition) is 1. The average molecular weight is 488 g/mol. The van der Waals surface area contributed by atoms with E-state index < -0.39 is 5.97 Å². The molecular weight excluding hydrogens is 462 g/mol. The number of carbonyl (C=O) groups excluding carboxylic acids is 3. The van der Waals surface area contributed by atoms with Crippen molar-refractivity contribution >= 4 is 57.8 Å². The number of amides is 2. The SMILES string of the molecule is CN(C)CCOC(=O)c1ccc(NC(=O)CCCN2C(=O)C(=Cc3ccco3)SC2=S)cc1. The van der Waals surface area contributed by atoms with Crippen LogP contribution >= 0.6 is 24.0 Å². The fourth-order valence-corrected chi connectivity index (χ4v) is 4.20. The van der Waals surface area contributed by atoms with Crippen molar-refractivity contribution < 1.29 is 23.5 Å². The lowest BCUT2D eigenvalue weighted by atomic mass is 10.2. The van der Waals surface area contributed by atoms with Crippen LogP contribution in [0.4, 0.5) is 5.69 Å². The summed E-state index contributed by atoms with van der Waals surface area (Å²) in [6.45, 7) is 1.31. The van der Waals surface area contributed by atoms with Crippen LogP contribution in [0.2, 0.25) is 0 Å². The number of rotatable bonds is 10. The monoisotopic (exact) mass is 487 g/mol. The molecule has 1 saturated heterocycles. The molecular formula is C23H25N3O5S2. The Hall–Kier alpha value is -2.95. The Morgan fingerprint density at radius 1 is 1.24 bits per heavy atom. The Balaban J connectivity index is 1.43. The van der Waals surface area contributed by atoms with Gasteiger partial charge in [0.15, 0.2) is 0 Å². The molecule has 1 aromatic heterocycles. The van der Waals surface area contributed by atoms with Gasteiger partial charge in [-0.2, -0.15) is 0 Å². The summed E-state index contributed by atoms with van der Waals surface area (Å²) in [5.41, 5.74) is 1.00. The number of anilines is 1. The molecule has 2 amide bonds. The molecule has 174 valence electrons. The van der Waals surface area contributed by atoms with Gasteiger partial charge in [0.05, 0.1) is 16.7 Å². The van der Waals surface area contributed by atoms with Gasteiger partial charge in [-0.25, -0.2) is 4.79 Å². The topological polar surface area (TPSA) is 92.1 Å². The molecule has 1 aromatic carbocycles. The minimum atomic E-state index is -0.403. The molecule has 0 radical (unpaired) electrons. The Kier molecular flexibility index (Phi) is 8.81. The number of nitrogens with zero attached hydrogens (tertiary/aromatic N) is 2. The molecule has 2 heterocycles. The largest absolute Gasteiger partial charge is 0.465 e. The van der Waals surface area contributed by atoms with Gasteiger partial charge in [-0.3, -0.25) is 14.5 Å². The van der Waals surface area contributed by atoms with Crippen molar-refractivity contribution in [1.82, 2.24) is 9.80 Å². The van der Waals surface area contributed by atoms with Crippen molar-refractivity contribution in [2.75, 3.05) is 39.1 Å². The van der Waals surface area contributed by atoms with E-state index in [9.17, 15) is 14.4 Å². The first-order chi connectivity index (χ1) is 15.8. The molecule has 10 heteroatoms. The second-order valence-corrected chi connectivity index (χ2v) is 9.19. The highest BCUT2D eigenvalue weighted by atomic mass is 32.2. The Labute approximate surface area is 201 Å². The lowest BCUT2D eigenvalue weighted by Gasteiger charge is -2.14. The molecule has 0 aliphatic carbocycles. The van der Waals surface area contributed by atoms with Crippen LogP contribution in [0.5, 0.6) is 0 Å². The van der Waals surface area contributed by atoms with Gasteiger partial charge in [-0.05, 0) is 56.9 Å². The van der Waals surface area contributed by atoms with Gasteiger partial charge in [-0.15, -0.1) is 0 Å². The summed E-state index contributed by atoms with van der Waals surface area (Å²) in [6, 6.07) is 10.0. The maximum absolute atomic E-state index is 12.6. The fraction of sp³-hybridized carbons (Fsp3) is 0.304. The number of hydrogen-bond acceptors (Lipinski definition) is 8. The third-order valence-corrected chi connectivity index (χ3v) is 6.03. The van der Waals surface area contributed by atoms with Crippen molar-refractivity contribution in [2.45, 2.75) is 12.8 Å². The van der Waals surface area contributed by atoms with Crippen LogP contribution in [0.25, 0.3) is 6.08 Å². The molecule has 8 nitrogen and oxygen atoms in total. The quantitative estimate of drug-likeness (QED) is 0.309. The third-order valence-electron chi connectivity index (χ3n) is 4.65. The zero-order valence-corrected chi connectivity index (χ0v) is 20.0. The van der Waals surface area contributed by atoms with E-state index in [-0.39, 0.29) is 18.2 Å². The van der Waals surface area contributed by atoms with E-state index in [1.54, 1.807) is 42.5 Å². The number of furan rings is 1. The maximum Gasteiger partial charge on any atom is 0.338 e. The molecule has 1 fully saturated rings. The van der Waals surface area contributed by atoms with E-state index in [0.29, 0.717) is 52.4 Å². The highest BCUT2D eigenvalue weighted by molar-refractivity contribution is 8.26. The number of thiocarbonyl (C=S) groups is 1. The number of ether oxygens (including phenoxy) is 1. The van der Waals surface area contributed by atoms with Crippen LogP contribution in [-0.2, 0) is 14.3 Å². The van der Waals surface area contributed by atoms with Gasteiger partial charge >= 0.3 is 5.97 Å². The van der Waals surface area contributed by atoms with E-state index >= 15 is 0 Å². The van der Waals surface area contributed by atoms with Crippen molar-refractivity contribution in [3.8, 4) is 0 Å². The first kappa shape index (κ1) is 24.7. The first-order valence-corrected chi connectivity index (χ1v) is 11.6. The molecule has 0 bridgehead atoms. The predicted molar refractivity (Wildman–Crippen MR) is 132 cm³/mol. The van der Waals surface area contributed by atoms with Gasteiger partial charge in [0.25, 0.3) is 5.91 Å². The summed E-state index contributed by atoms with van der Waals surface area (Å²) in [5, 5.41) is 2.79. The summed E-state index contributed by atoms with van der Waals surface area (Å²) < 4.78 is 10.9. The van der Waals surface area contributed by atoms with Gasteiger partial charge in [0, 0.05) is 31.3 Å². The molecule has 2 aromatic rings. The van der Waals surface area contributed by atoms with Crippen molar-refractivity contribution in [3.63, 3.8) is 0 Å². The highest BCUT2D eigenvalue weighted by Crippen LogP contribution is 2.32. The molecule has 0 unspecified atom stereocenters. The van der Waals surface area contributed by atoms with Gasteiger partial charge in [0.1, 0.15) is 16.7 Å². The zero-order valence-electron chi connectivity index (χ0n) is 18.4. The number of benzene rings is 1. The number of esters is 1. The third kappa shape index (κ3) is 7.28. The summed E-state index contributed by atoms with van der Waals surface area (Å²) in [7, 11) is 3.80. The Bertz CT molecular complexity index is 1030. The van der Waals surface area contributed by atoms with Crippen molar-refractivity contribution in [2.24, 2.45) is 0 Å². The van der Waals surface area contributed by atoms with E-state index in [1.165, 1.54) is 22.9 Å². The smallest absolute Gasteiger partial charge is 0.338 e. The lowest BCUT2D eigenvalue weighted by Crippen LogP contribution is -2.29. The predicted octanol–water partition coefficient (Wildman–Crippen LogP) is 3.62. The summed E-state index contributed by atoms with van der Waals surface area (Å²) >= 11 is 6.52. The van der Waals surface area contributed by atoms with E-state index in [1.807, 2.05) is 19.0 Å². The highest BCUT2D eigenvalue weighted by Gasteiger charge is 2.31. The minimum Gasteiger partial charge on any atom is -0.465 e. The molecule has 1 aliphatic heterocycles. The van der Waals surface area contributed by atoms with Gasteiger partial charge < -0.3 is 19.4 Å². The van der Waals surface area contributed by atoms with Crippen LogP contribution in [0.3, 0.4) is 0 Å². The number of thioether (sulfide) groups is 1. The van der Waals surface area contributed by atoms with Crippen LogP contribution in [0.15, 0.2) is 52.0 Å². The van der Waals surface area contributed by atoms with Crippen LogP contribution in [0.1, 0.15) is 29.0 Å². The normalized spacial score (nSPS) is 14.9. The maximum atomic E-state index is 12.6. The molecule has 0 atom stereocenters. The van der Waals surface area contributed by atoms with Crippen LogP contribution in [0, 0.1) is 0 Å². The molecule has 0 saturated carbocycles. The summed E-state index contributed by atoms with van der Waals surface area (Å²) in [6.07, 6.45) is 3.88. The number of likely N-dealkylation sites (N-methyl/N-ethyl adjacent to an activating group) is 1. The molecule has 1 N–H and O–H groups in total. The van der Waals surface area contributed by atoms with E-state index in [4.69, 9.17) is 21.4 Å². The molecule has 3 rings (SSSR count). The minimum absolute atomic E-state index is 0.185. The summed E-state index contributed by atoms with van der Waals surface area (Å²) in [4.78, 5) is 40.8. The van der Waals surface area contributed by atoms with Crippen LogP contribution in [-0.4, -0.2) is 65.7 Å². The molecule has 1 aliphatic rings. The van der Waals surface area contributed by atoms with Crippen molar-refractivity contribution in [1.29, 1.82) is 0 Å². The molecule has 0 spiro atoms. The van der Waals surface area contributed by atoms with E-state index in [0.717, 1.165) is 0 Å². The second-order valence-electron chi connectivity index (χ2n) is 7.52.